The molecule has 110 valence electrons. The number of nitrogens with zero attached hydrogens (tertiary/aromatic N) is 6. The van der Waals surface area contributed by atoms with Gasteiger partial charge in [-0.25, -0.2) is 9.97 Å². The second kappa shape index (κ2) is 6.66. The van der Waals surface area contributed by atoms with Gasteiger partial charge in [-0.2, -0.15) is 15.0 Å². The van der Waals surface area contributed by atoms with Gasteiger partial charge in [0, 0.05) is 32.5 Å². The van der Waals surface area contributed by atoms with Crippen LogP contribution < -0.4 is 10.2 Å². The van der Waals surface area contributed by atoms with Gasteiger partial charge in [-0.1, -0.05) is 0 Å². The van der Waals surface area contributed by atoms with Crippen LogP contribution in [0.4, 0.5) is 11.9 Å². The summed E-state index contributed by atoms with van der Waals surface area (Å²) in [6, 6.07) is 1.79. The molecule has 0 bridgehead atoms. The van der Waals surface area contributed by atoms with E-state index < -0.39 is 0 Å². The molecule has 1 saturated heterocycles. The minimum absolute atomic E-state index is 0.573. The molecular formula is C13H17N7S. The van der Waals surface area contributed by atoms with Crippen LogP contribution in [0.3, 0.4) is 0 Å². The third-order valence-electron chi connectivity index (χ3n) is 3.19. The highest BCUT2D eigenvalue weighted by Gasteiger charge is 2.16. The maximum atomic E-state index is 4.55. The van der Waals surface area contributed by atoms with Crippen molar-refractivity contribution in [3.8, 4) is 0 Å². The molecule has 0 aromatic carbocycles. The van der Waals surface area contributed by atoms with E-state index in [0.29, 0.717) is 16.3 Å². The lowest BCUT2D eigenvalue weighted by Gasteiger charge is -2.26. The molecule has 21 heavy (non-hydrogen) atoms. The third kappa shape index (κ3) is 3.57. The van der Waals surface area contributed by atoms with Crippen LogP contribution in [0.1, 0.15) is 19.3 Å². The van der Waals surface area contributed by atoms with Gasteiger partial charge in [0.15, 0.2) is 5.16 Å². The highest BCUT2D eigenvalue weighted by atomic mass is 32.2. The fraction of sp³-hybridized carbons (Fsp3) is 0.462. The Morgan fingerprint density at radius 1 is 1.00 bits per heavy atom. The van der Waals surface area contributed by atoms with Crippen molar-refractivity contribution in [1.82, 2.24) is 24.9 Å². The largest absolute Gasteiger partial charge is 0.357 e. The predicted molar refractivity (Wildman–Crippen MR) is 81.6 cm³/mol. The molecule has 3 heterocycles. The lowest BCUT2D eigenvalue weighted by Crippen LogP contribution is -2.31. The quantitative estimate of drug-likeness (QED) is 0.857. The highest BCUT2D eigenvalue weighted by Crippen LogP contribution is 2.24. The fourth-order valence-corrected chi connectivity index (χ4v) is 2.81. The lowest BCUT2D eigenvalue weighted by molar-refractivity contribution is 0.565. The summed E-state index contributed by atoms with van der Waals surface area (Å²) in [6.45, 7) is 2.00. The molecule has 2 aromatic rings. The molecule has 2 aromatic heterocycles. The van der Waals surface area contributed by atoms with Crippen molar-refractivity contribution in [2.45, 2.75) is 29.6 Å². The molecule has 0 saturated carbocycles. The van der Waals surface area contributed by atoms with E-state index in [4.69, 9.17) is 0 Å². The second-order valence-electron chi connectivity index (χ2n) is 4.67. The van der Waals surface area contributed by atoms with Crippen LogP contribution in [0.15, 0.2) is 28.8 Å². The minimum atomic E-state index is 0.573. The maximum absolute atomic E-state index is 4.55. The van der Waals surface area contributed by atoms with Crippen molar-refractivity contribution in [2.75, 3.05) is 30.4 Å². The van der Waals surface area contributed by atoms with E-state index in [1.165, 1.54) is 31.0 Å². The van der Waals surface area contributed by atoms with Crippen LogP contribution in [0.25, 0.3) is 0 Å². The molecule has 8 heteroatoms. The number of hydrogen-bond acceptors (Lipinski definition) is 8. The molecule has 3 rings (SSSR count). The molecule has 0 atom stereocenters. The third-order valence-corrected chi connectivity index (χ3v) is 3.95. The summed E-state index contributed by atoms with van der Waals surface area (Å²) in [5.41, 5.74) is 0. The molecule has 0 unspecified atom stereocenters. The molecule has 1 aliphatic rings. The maximum Gasteiger partial charge on any atom is 0.231 e. The minimum Gasteiger partial charge on any atom is -0.357 e. The Balaban J connectivity index is 1.85. The van der Waals surface area contributed by atoms with E-state index in [2.05, 4.69) is 35.1 Å². The molecule has 0 radical (unpaired) electrons. The molecule has 1 N–H and O–H groups in total. The topological polar surface area (TPSA) is 79.7 Å². The van der Waals surface area contributed by atoms with Crippen LogP contribution in [-0.4, -0.2) is 45.1 Å². The standard InChI is InChI=1S/C13H17N7S/c1-14-10-17-11(20-8-3-2-4-9-20)19-13(18-10)21-12-15-6-5-7-16-12/h5-7H,2-4,8-9H2,1H3,(H,14,17,18,19). The van der Waals surface area contributed by atoms with Crippen molar-refractivity contribution in [1.29, 1.82) is 0 Å². The van der Waals surface area contributed by atoms with E-state index in [1.807, 2.05) is 7.05 Å². The number of nitrogens with one attached hydrogen (secondary N) is 1. The second-order valence-corrected chi connectivity index (χ2v) is 5.61. The van der Waals surface area contributed by atoms with Gasteiger partial charge in [-0.3, -0.25) is 0 Å². The Kier molecular flexibility index (Phi) is 4.44. The smallest absolute Gasteiger partial charge is 0.231 e. The molecule has 1 fully saturated rings. The first-order chi connectivity index (χ1) is 10.3. The monoisotopic (exact) mass is 303 g/mol. The number of piperidine rings is 1. The summed E-state index contributed by atoms with van der Waals surface area (Å²) in [4.78, 5) is 24.0. The first-order valence-corrected chi connectivity index (χ1v) is 7.80. The van der Waals surface area contributed by atoms with Crippen molar-refractivity contribution in [2.24, 2.45) is 0 Å². The van der Waals surface area contributed by atoms with Crippen molar-refractivity contribution >= 4 is 23.7 Å². The zero-order chi connectivity index (χ0) is 14.5. The lowest BCUT2D eigenvalue weighted by atomic mass is 10.1. The van der Waals surface area contributed by atoms with Gasteiger partial charge in [0.2, 0.25) is 17.1 Å². The van der Waals surface area contributed by atoms with Crippen molar-refractivity contribution in [3.63, 3.8) is 0 Å². The number of hydrogen-bond donors (Lipinski definition) is 1. The summed E-state index contributed by atoms with van der Waals surface area (Å²) in [5, 5.41) is 4.24. The summed E-state index contributed by atoms with van der Waals surface area (Å²) in [7, 11) is 1.81. The van der Waals surface area contributed by atoms with Crippen molar-refractivity contribution < 1.29 is 0 Å². The summed E-state index contributed by atoms with van der Waals surface area (Å²) in [5.74, 6) is 1.30. The van der Waals surface area contributed by atoms with Gasteiger partial charge in [-0.15, -0.1) is 0 Å². The Bertz CT molecular complexity index is 586. The Morgan fingerprint density at radius 2 is 1.76 bits per heavy atom. The van der Waals surface area contributed by atoms with Crippen LogP contribution in [0, 0.1) is 0 Å². The Hall–Kier alpha value is -1.96. The number of rotatable bonds is 4. The van der Waals surface area contributed by atoms with E-state index >= 15 is 0 Å². The number of aromatic nitrogens is 5. The average molecular weight is 303 g/mol. The normalized spacial score (nSPS) is 15.0. The van der Waals surface area contributed by atoms with Gasteiger partial charge in [0.25, 0.3) is 0 Å². The first kappa shape index (κ1) is 14.0. The first-order valence-electron chi connectivity index (χ1n) is 6.99. The van der Waals surface area contributed by atoms with E-state index in [1.54, 1.807) is 18.5 Å². The van der Waals surface area contributed by atoms with E-state index in [-0.39, 0.29) is 0 Å². The van der Waals surface area contributed by atoms with Gasteiger partial charge in [0.05, 0.1) is 0 Å². The van der Waals surface area contributed by atoms with E-state index in [0.717, 1.165) is 19.0 Å². The number of anilines is 2. The van der Waals surface area contributed by atoms with E-state index in [9.17, 15) is 0 Å². The zero-order valence-corrected chi connectivity index (χ0v) is 12.7. The molecular weight excluding hydrogens is 286 g/mol. The zero-order valence-electron chi connectivity index (χ0n) is 11.9. The predicted octanol–water partition coefficient (Wildman–Crippen LogP) is 1.84. The fourth-order valence-electron chi connectivity index (χ4n) is 2.16. The van der Waals surface area contributed by atoms with Gasteiger partial charge < -0.3 is 10.2 Å². The highest BCUT2D eigenvalue weighted by molar-refractivity contribution is 7.99. The van der Waals surface area contributed by atoms with Gasteiger partial charge in [0.1, 0.15) is 0 Å². The molecule has 1 aliphatic heterocycles. The van der Waals surface area contributed by atoms with Gasteiger partial charge >= 0.3 is 0 Å². The molecule has 0 aliphatic carbocycles. The SMILES string of the molecule is CNc1nc(Sc2ncccn2)nc(N2CCCCC2)n1. The Labute approximate surface area is 127 Å². The average Bonchev–Trinajstić information content (AvgIpc) is 2.56. The Morgan fingerprint density at radius 3 is 2.48 bits per heavy atom. The van der Waals surface area contributed by atoms with Gasteiger partial charge in [-0.05, 0) is 37.1 Å². The summed E-state index contributed by atoms with van der Waals surface area (Å²) < 4.78 is 0. The summed E-state index contributed by atoms with van der Waals surface area (Å²) >= 11 is 1.34. The van der Waals surface area contributed by atoms with Crippen molar-refractivity contribution in [3.05, 3.63) is 18.5 Å². The van der Waals surface area contributed by atoms with Crippen LogP contribution in [0.2, 0.25) is 0 Å². The molecule has 0 spiro atoms. The molecule has 0 amide bonds. The molecule has 7 nitrogen and oxygen atoms in total. The van der Waals surface area contributed by atoms with Crippen LogP contribution >= 0.6 is 11.8 Å². The summed E-state index contributed by atoms with van der Waals surface area (Å²) in [6.07, 6.45) is 7.07. The van der Waals surface area contributed by atoms with Crippen LogP contribution in [-0.2, 0) is 0 Å². The van der Waals surface area contributed by atoms with Crippen LogP contribution in [0.5, 0.6) is 0 Å².